The van der Waals surface area contributed by atoms with Crippen LogP contribution >= 0.6 is 11.8 Å². The molecule has 0 saturated carbocycles. The van der Waals surface area contributed by atoms with Gasteiger partial charge in [0.15, 0.2) is 0 Å². The van der Waals surface area contributed by atoms with Crippen molar-refractivity contribution in [3.8, 4) is 0 Å². The first-order valence-electron chi connectivity index (χ1n) is 10.3. The molecule has 4 aromatic rings. The van der Waals surface area contributed by atoms with E-state index in [0.717, 1.165) is 32.7 Å². The monoisotopic (exact) mass is 444 g/mol. The molecule has 1 aromatic heterocycles. The lowest BCUT2D eigenvalue weighted by molar-refractivity contribution is -0.120. The van der Waals surface area contributed by atoms with Gasteiger partial charge in [-0.1, -0.05) is 36.4 Å². The molecule has 4 rings (SSSR count). The first-order valence-corrected chi connectivity index (χ1v) is 11.2. The molecule has 2 atom stereocenters. The molecule has 162 valence electrons. The number of H-pyrrole nitrogens is 1. The molecule has 0 radical (unpaired) electrons. The fourth-order valence-electron chi connectivity index (χ4n) is 3.47. The molecule has 32 heavy (non-hydrogen) atoms. The molecular formula is C25H24N4O2S. The minimum Gasteiger partial charge on any atom is -0.345 e. The van der Waals surface area contributed by atoms with E-state index in [1.165, 1.54) is 18.7 Å². The van der Waals surface area contributed by atoms with Crippen LogP contribution in [0.5, 0.6) is 0 Å². The summed E-state index contributed by atoms with van der Waals surface area (Å²) in [6.45, 7) is 3.37. The van der Waals surface area contributed by atoms with Crippen molar-refractivity contribution in [2.45, 2.75) is 30.0 Å². The van der Waals surface area contributed by atoms with Crippen molar-refractivity contribution in [2.24, 2.45) is 0 Å². The van der Waals surface area contributed by atoms with E-state index >= 15 is 0 Å². The van der Waals surface area contributed by atoms with Crippen LogP contribution in [0.4, 0.5) is 5.69 Å². The van der Waals surface area contributed by atoms with Gasteiger partial charge in [0.2, 0.25) is 11.8 Å². The van der Waals surface area contributed by atoms with Crippen LogP contribution in [0.15, 0.2) is 84.0 Å². The summed E-state index contributed by atoms with van der Waals surface area (Å²) in [5.74, 6) is -0.169. The second kappa shape index (κ2) is 9.70. The number of carbonyl (C=O) groups is 2. The van der Waals surface area contributed by atoms with Gasteiger partial charge in [0.1, 0.15) is 0 Å². The third-order valence-electron chi connectivity index (χ3n) is 5.05. The van der Waals surface area contributed by atoms with Crippen molar-refractivity contribution in [2.75, 3.05) is 5.32 Å². The van der Waals surface area contributed by atoms with Gasteiger partial charge in [0, 0.05) is 17.5 Å². The SMILES string of the molecule is CC(=O)Nc1ccc(SC(C)C(=O)NC(c2ccccc2)c2ccc3nc[nH]c3c2)cc1. The van der Waals surface area contributed by atoms with Crippen LogP contribution in [0.1, 0.15) is 31.0 Å². The second-order valence-electron chi connectivity index (χ2n) is 7.50. The van der Waals surface area contributed by atoms with Gasteiger partial charge in [0.25, 0.3) is 0 Å². The normalized spacial score (nSPS) is 12.8. The standard InChI is InChI=1S/C25H24N4O2S/c1-16(32-21-11-9-20(10-12-21)28-17(2)30)25(31)29-24(18-6-4-3-5-7-18)19-8-13-22-23(14-19)27-15-26-22/h3-16,24H,1-2H3,(H,26,27)(H,28,30)(H,29,31). The van der Waals surface area contributed by atoms with Crippen LogP contribution in [-0.4, -0.2) is 27.0 Å². The number of aromatic nitrogens is 2. The van der Waals surface area contributed by atoms with E-state index < -0.39 is 0 Å². The van der Waals surface area contributed by atoms with Crippen molar-refractivity contribution in [1.82, 2.24) is 15.3 Å². The number of amides is 2. The van der Waals surface area contributed by atoms with Gasteiger partial charge in [0.05, 0.1) is 28.7 Å². The molecule has 1 heterocycles. The second-order valence-corrected chi connectivity index (χ2v) is 8.91. The molecule has 7 heteroatoms. The van der Waals surface area contributed by atoms with Crippen molar-refractivity contribution >= 4 is 40.3 Å². The Hall–Kier alpha value is -3.58. The lowest BCUT2D eigenvalue weighted by Crippen LogP contribution is -2.34. The number of nitrogens with zero attached hydrogens (tertiary/aromatic N) is 1. The fraction of sp³-hybridized carbons (Fsp3) is 0.160. The molecule has 0 saturated heterocycles. The maximum Gasteiger partial charge on any atom is 0.233 e. The predicted molar refractivity (Wildman–Crippen MR) is 129 cm³/mol. The number of fused-ring (bicyclic) bond motifs is 1. The topological polar surface area (TPSA) is 86.9 Å². The fourth-order valence-corrected chi connectivity index (χ4v) is 4.35. The summed E-state index contributed by atoms with van der Waals surface area (Å²) < 4.78 is 0. The highest BCUT2D eigenvalue weighted by atomic mass is 32.2. The van der Waals surface area contributed by atoms with E-state index in [-0.39, 0.29) is 23.1 Å². The molecule has 3 N–H and O–H groups in total. The highest BCUT2D eigenvalue weighted by Gasteiger charge is 2.22. The Kier molecular flexibility index (Phi) is 6.56. The first-order chi connectivity index (χ1) is 15.5. The van der Waals surface area contributed by atoms with Crippen LogP contribution in [0.2, 0.25) is 0 Å². The third kappa shape index (κ3) is 5.18. The van der Waals surface area contributed by atoms with Crippen molar-refractivity contribution in [3.05, 3.63) is 90.3 Å². The van der Waals surface area contributed by atoms with Crippen LogP contribution in [-0.2, 0) is 9.59 Å². The summed E-state index contributed by atoms with van der Waals surface area (Å²) in [4.78, 5) is 32.7. The Bertz CT molecular complexity index is 1220. The van der Waals surface area contributed by atoms with Gasteiger partial charge in [-0.15, -0.1) is 11.8 Å². The number of carbonyl (C=O) groups excluding carboxylic acids is 2. The average molecular weight is 445 g/mol. The van der Waals surface area contributed by atoms with E-state index in [4.69, 9.17) is 0 Å². The summed E-state index contributed by atoms with van der Waals surface area (Å²) in [5, 5.41) is 5.66. The van der Waals surface area contributed by atoms with E-state index in [2.05, 4.69) is 20.6 Å². The number of imidazole rings is 1. The molecule has 0 bridgehead atoms. The summed E-state index contributed by atoms with van der Waals surface area (Å²) >= 11 is 1.47. The lowest BCUT2D eigenvalue weighted by Gasteiger charge is -2.22. The highest BCUT2D eigenvalue weighted by molar-refractivity contribution is 8.00. The minimum absolute atomic E-state index is 0.0560. The van der Waals surface area contributed by atoms with Crippen LogP contribution in [0, 0.1) is 0 Å². The number of rotatable bonds is 7. The number of hydrogen-bond donors (Lipinski definition) is 3. The molecule has 0 aliphatic carbocycles. The molecule has 0 fully saturated rings. The van der Waals surface area contributed by atoms with Gasteiger partial charge >= 0.3 is 0 Å². The smallest absolute Gasteiger partial charge is 0.233 e. The maximum absolute atomic E-state index is 13.1. The molecule has 0 aliphatic rings. The Labute approximate surface area is 190 Å². The number of aromatic amines is 1. The molecule has 6 nitrogen and oxygen atoms in total. The molecule has 3 aromatic carbocycles. The van der Waals surface area contributed by atoms with Crippen LogP contribution in [0.3, 0.4) is 0 Å². The van der Waals surface area contributed by atoms with E-state index in [1.54, 1.807) is 6.33 Å². The maximum atomic E-state index is 13.1. The van der Waals surface area contributed by atoms with Crippen LogP contribution in [0.25, 0.3) is 11.0 Å². The zero-order valence-electron chi connectivity index (χ0n) is 17.8. The van der Waals surface area contributed by atoms with Gasteiger partial charge < -0.3 is 15.6 Å². The Morgan fingerprint density at radius 1 is 0.969 bits per heavy atom. The van der Waals surface area contributed by atoms with E-state index in [0.29, 0.717) is 0 Å². The predicted octanol–water partition coefficient (Wildman–Crippen LogP) is 4.91. The van der Waals surface area contributed by atoms with Gasteiger partial charge in [-0.05, 0) is 54.4 Å². The summed E-state index contributed by atoms with van der Waals surface area (Å²) in [5.41, 5.74) is 4.55. The number of nitrogens with one attached hydrogen (secondary N) is 3. The zero-order valence-corrected chi connectivity index (χ0v) is 18.6. The van der Waals surface area contributed by atoms with Crippen molar-refractivity contribution in [1.29, 1.82) is 0 Å². The molecule has 0 aliphatic heterocycles. The minimum atomic E-state index is -0.302. The average Bonchev–Trinajstić information content (AvgIpc) is 3.26. The summed E-state index contributed by atoms with van der Waals surface area (Å²) in [7, 11) is 0. The molecule has 2 amide bonds. The van der Waals surface area contributed by atoms with Crippen molar-refractivity contribution in [3.63, 3.8) is 0 Å². The Morgan fingerprint density at radius 2 is 1.72 bits per heavy atom. The van der Waals surface area contributed by atoms with Gasteiger partial charge in [-0.2, -0.15) is 0 Å². The van der Waals surface area contributed by atoms with E-state index in [1.807, 2.05) is 79.7 Å². The quantitative estimate of drug-likeness (QED) is 0.354. The number of hydrogen-bond acceptors (Lipinski definition) is 4. The lowest BCUT2D eigenvalue weighted by atomic mass is 9.98. The van der Waals surface area contributed by atoms with Gasteiger partial charge in [-0.25, -0.2) is 4.98 Å². The van der Waals surface area contributed by atoms with Crippen molar-refractivity contribution < 1.29 is 9.59 Å². The summed E-state index contributed by atoms with van der Waals surface area (Å²) in [6, 6.07) is 23.1. The van der Waals surface area contributed by atoms with Gasteiger partial charge in [-0.3, -0.25) is 9.59 Å². The third-order valence-corrected chi connectivity index (χ3v) is 6.17. The zero-order chi connectivity index (χ0) is 22.5. The Morgan fingerprint density at radius 3 is 2.44 bits per heavy atom. The highest BCUT2D eigenvalue weighted by Crippen LogP contribution is 2.28. The molecular weight excluding hydrogens is 420 g/mol. The van der Waals surface area contributed by atoms with Crippen LogP contribution < -0.4 is 10.6 Å². The number of thioether (sulfide) groups is 1. The molecule has 0 spiro atoms. The Balaban J connectivity index is 1.51. The number of anilines is 1. The summed E-state index contributed by atoms with van der Waals surface area (Å²) in [6.07, 6.45) is 1.67. The largest absolute Gasteiger partial charge is 0.345 e. The molecule has 2 unspecified atom stereocenters. The van der Waals surface area contributed by atoms with E-state index in [9.17, 15) is 9.59 Å². The number of benzene rings is 3. The first kappa shape index (κ1) is 21.6.